The van der Waals surface area contributed by atoms with Gasteiger partial charge in [0.25, 0.3) is 0 Å². The van der Waals surface area contributed by atoms with E-state index in [2.05, 4.69) is 19.9 Å². The zero-order valence-corrected chi connectivity index (χ0v) is 18.9. The Morgan fingerprint density at radius 2 is 1.87 bits per heavy atom. The summed E-state index contributed by atoms with van der Waals surface area (Å²) in [6.07, 6.45) is 3.05. The van der Waals surface area contributed by atoms with Gasteiger partial charge in [0.15, 0.2) is 0 Å². The fourth-order valence-electron chi connectivity index (χ4n) is 3.70. The number of benzene rings is 1. The van der Waals surface area contributed by atoms with Crippen LogP contribution in [-0.4, -0.2) is 57.2 Å². The second kappa shape index (κ2) is 11.0. The average molecular weight is 451 g/mol. The Morgan fingerprint density at radius 3 is 2.48 bits per heavy atom. The molecular formula is C22H31FN4O3S. The zero-order chi connectivity index (χ0) is 22.3. The number of hydrogen-bond acceptors (Lipinski definition) is 6. The van der Waals surface area contributed by atoms with Crippen molar-refractivity contribution in [3.63, 3.8) is 0 Å². The average Bonchev–Trinajstić information content (AvgIpc) is 2.76. The van der Waals surface area contributed by atoms with Gasteiger partial charge in [-0.2, -0.15) is 0 Å². The first-order chi connectivity index (χ1) is 14.9. The van der Waals surface area contributed by atoms with Crippen molar-refractivity contribution >= 4 is 15.8 Å². The molecule has 9 heteroatoms. The van der Waals surface area contributed by atoms with E-state index in [9.17, 15) is 12.8 Å². The molecule has 1 aromatic carbocycles. The Labute approximate surface area is 184 Å². The van der Waals surface area contributed by atoms with Crippen LogP contribution >= 0.6 is 0 Å². The van der Waals surface area contributed by atoms with Crippen LogP contribution in [0.15, 0.2) is 47.5 Å². The molecule has 1 aromatic heterocycles. The summed E-state index contributed by atoms with van der Waals surface area (Å²) in [5.74, 6) is 0.318. The molecule has 0 saturated carbocycles. The topological polar surface area (TPSA) is 83.6 Å². The first-order valence-electron chi connectivity index (χ1n) is 10.7. The van der Waals surface area contributed by atoms with Gasteiger partial charge in [-0.05, 0) is 43.2 Å². The summed E-state index contributed by atoms with van der Waals surface area (Å²) in [5.41, 5.74) is 1.00. The Balaban J connectivity index is 1.68. The number of ether oxygens (including phenoxy) is 1. The van der Waals surface area contributed by atoms with Crippen LogP contribution in [0, 0.1) is 5.82 Å². The highest BCUT2D eigenvalue weighted by Gasteiger charge is 2.23. The van der Waals surface area contributed by atoms with E-state index in [0.717, 1.165) is 31.5 Å². The molecule has 1 aliphatic heterocycles. The number of halogens is 1. The maximum absolute atomic E-state index is 13.4. The van der Waals surface area contributed by atoms with Crippen molar-refractivity contribution in [1.29, 1.82) is 0 Å². The van der Waals surface area contributed by atoms with Crippen molar-refractivity contribution in [3.05, 3.63) is 54.0 Å². The van der Waals surface area contributed by atoms with Gasteiger partial charge < -0.3 is 10.1 Å². The van der Waals surface area contributed by atoms with Crippen molar-refractivity contribution in [2.75, 3.05) is 38.2 Å². The number of morpholine rings is 1. The van der Waals surface area contributed by atoms with Gasteiger partial charge in [-0.3, -0.25) is 4.90 Å². The molecule has 3 rings (SSSR count). The SMILES string of the molecule is CCCC(C)NS(=O)(=O)c1ccc(NCC(c2ccc(F)cc2)N2CCOCC2)nc1. The van der Waals surface area contributed by atoms with E-state index >= 15 is 0 Å². The van der Waals surface area contributed by atoms with Crippen molar-refractivity contribution in [2.45, 2.75) is 43.7 Å². The molecule has 170 valence electrons. The van der Waals surface area contributed by atoms with Crippen LogP contribution in [0.5, 0.6) is 0 Å². The minimum Gasteiger partial charge on any atom is -0.379 e. The summed E-state index contributed by atoms with van der Waals surface area (Å²) in [4.78, 5) is 6.73. The van der Waals surface area contributed by atoms with E-state index in [1.54, 1.807) is 24.3 Å². The van der Waals surface area contributed by atoms with E-state index < -0.39 is 10.0 Å². The summed E-state index contributed by atoms with van der Waals surface area (Å²) < 4.78 is 46.5. The molecule has 2 atom stereocenters. The third-order valence-corrected chi connectivity index (χ3v) is 6.92. The van der Waals surface area contributed by atoms with Crippen molar-refractivity contribution in [1.82, 2.24) is 14.6 Å². The Morgan fingerprint density at radius 1 is 1.16 bits per heavy atom. The molecule has 2 N–H and O–H groups in total. The lowest BCUT2D eigenvalue weighted by Crippen LogP contribution is -2.41. The van der Waals surface area contributed by atoms with Crippen molar-refractivity contribution in [2.24, 2.45) is 0 Å². The van der Waals surface area contributed by atoms with E-state index in [0.29, 0.717) is 25.6 Å². The number of pyridine rings is 1. The fraction of sp³-hybridized carbons (Fsp3) is 0.500. The lowest BCUT2D eigenvalue weighted by molar-refractivity contribution is 0.0187. The molecule has 7 nitrogen and oxygen atoms in total. The Kier molecular flexibility index (Phi) is 8.36. The molecule has 2 heterocycles. The quantitative estimate of drug-likeness (QED) is 0.579. The van der Waals surface area contributed by atoms with Crippen LogP contribution in [-0.2, 0) is 14.8 Å². The van der Waals surface area contributed by atoms with Gasteiger partial charge in [-0.15, -0.1) is 0 Å². The zero-order valence-electron chi connectivity index (χ0n) is 18.1. The van der Waals surface area contributed by atoms with E-state index in [4.69, 9.17) is 4.74 Å². The largest absolute Gasteiger partial charge is 0.379 e. The lowest BCUT2D eigenvalue weighted by atomic mass is 10.0. The number of aromatic nitrogens is 1. The summed E-state index contributed by atoms with van der Waals surface area (Å²) >= 11 is 0. The van der Waals surface area contributed by atoms with Crippen LogP contribution in [0.4, 0.5) is 10.2 Å². The minimum absolute atomic E-state index is 0.0197. The molecular weight excluding hydrogens is 419 g/mol. The number of nitrogens with zero attached hydrogens (tertiary/aromatic N) is 2. The number of sulfonamides is 1. The molecule has 0 amide bonds. The molecule has 0 radical (unpaired) electrons. The summed E-state index contributed by atoms with van der Waals surface area (Å²) in [6.45, 7) is 7.31. The molecule has 0 aliphatic carbocycles. The third kappa shape index (κ3) is 6.70. The highest BCUT2D eigenvalue weighted by atomic mass is 32.2. The normalized spacial score (nSPS) is 17.3. The highest BCUT2D eigenvalue weighted by molar-refractivity contribution is 7.89. The van der Waals surface area contributed by atoms with E-state index in [1.165, 1.54) is 18.3 Å². The second-order valence-corrected chi connectivity index (χ2v) is 9.50. The monoisotopic (exact) mass is 450 g/mol. The molecule has 1 aliphatic rings. The number of nitrogens with one attached hydrogen (secondary N) is 2. The number of hydrogen-bond donors (Lipinski definition) is 2. The maximum Gasteiger partial charge on any atom is 0.242 e. The maximum atomic E-state index is 13.4. The highest BCUT2D eigenvalue weighted by Crippen LogP contribution is 2.23. The first-order valence-corrected chi connectivity index (χ1v) is 12.2. The standard InChI is InChI=1S/C22H31FN4O3S/c1-3-4-17(2)26-31(28,29)20-9-10-22(24-15-20)25-16-21(27-11-13-30-14-12-27)18-5-7-19(23)8-6-18/h5-10,15,17,21,26H,3-4,11-14,16H2,1-2H3,(H,24,25). The van der Waals surface area contributed by atoms with E-state index in [-0.39, 0.29) is 22.8 Å². The number of rotatable bonds is 10. The third-order valence-electron chi connectivity index (χ3n) is 5.34. The van der Waals surface area contributed by atoms with Crippen LogP contribution in [0.3, 0.4) is 0 Å². The Bertz CT molecular complexity index is 917. The summed E-state index contributed by atoms with van der Waals surface area (Å²) in [7, 11) is -3.59. The molecule has 1 fully saturated rings. The summed E-state index contributed by atoms with van der Waals surface area (Å²) in [6, 6.07) is 9.63. The van der Waals surface area contributed by atoms with Gasteiger partial charge in [0.05, 0.1) is 19.3 Å². The van der Waals surface area contributed by atoms with Gasteiger partial charge in [0, 0.05) is 31.9 Å². The molecule has 2 aromatic rings. The summed E-state index contributed by atoms with van der Waals surface area (Å²) in [5, 5.41) is 3.29. The first kappa shape index (κ1) is 23.6. The smallest absolute Gasteiger partial charge is 0.242 e. The molecule has 0 bridgehead atoms. The number of anilines is 1. The van der Waals surface area contributed by atoms with Gasteiger partial charge in [-0.1, -0.05) is 25.5 Å². The van der Waals surface area contributed by atoms with Crippen LogP contribution in [0.2, 0.25) is 0 Å². The van der Waals surface area contributed by atoms with Crippen LogP contribution < -0.4 is 10.0 Å². The predicted molar refractivity (Wildman–Crippen MR) is 119 cm³/mol. The molecule has 2 unspecified atom stereocenters. The molecule has 31 heavy (non-hydrogen) atoms. The molecule has 1 saturated heterocycles. The second-order valence-electron chi connectivity index (χ2n) is 7.79. The fourth-order valence-corrected chi connectivity index (χ4v) is 4.92. The van der Waals surface area contributed by atoms with Gasteiger partial charge in [0.2, 0.25) is 10.0 Å². The lowest BCUT2D eigenvalue weighted by Gasteiger charge is -2.35. The minimum atomic E-state index is -3.59. The molecule has 0 spiro atoms. The van der Waals surface area contributed by atoms with Crippen molar-refractivity contribution < 1.29 is 17.5 Å². The van der Waals surface area contributed by atoms with Crippen LogP contribution in [0.1, 0.15) is 38.3 Å². The van der Waals surface area contributed by atoms with Crippen molar-refractivity contribution in [3.8, 4) is 0 Å². The van der Waals surface area contributed by atoms with E-state index in [1.807, 2.05) is 13.8 Å². The predicted octanol–water partition coefficient (Wildman–Crippen LogP) is 3.17. The van der Waals surface area contributed by atoms with Crippen LogP contribution in [0.25, 0.3) is 0 Å². The van der Waals surface area contributed by atoms with Gasteiger partial charge in [-0.25, -0.2) is 22.5 Å². The van der Waals surface area contributed by atoms with Gasteiger partial charge >= 0.3 is 0 Å². The van der Waals surface area contributed by atoms with Gasteiger partial charge in [0.1, 0.15) is 16.5 Å². The Hall–Kier alpha value is -2.07.